The summed E-state index contributed by atoms with van der Waals surface area (Å²) in [5.41, 5.74) is 1.64. The van der Waals surface area contributed by atoms with E-state index in [9.17, 15) is 4.79 Å². The summed E-state index contributed by atoms with van der Waals surface area (Å²) in [4.78, 5) is 13.3. The number of carbonyl (C=O) groups is 1. The summed E-state index contributed by atoms with van der Waals surface area (Å²) in [6, 6.07) is 11.5. The number of allylic oxidation sites excluding steroid dienone is 1. The average molecular weight is 491 g/mol. The number of ketones is 1. The summed E-state index contributed by atoms with van der Waals surface area (Å²) in [5, 5.41) is 0. The van der Waals surface area contributed by atoms with Crippen molar-refractivity contribution in [3.8, 4) is 0 Å². The van der Waals surface area contributed by atoms with Gasteiger partial charge in [0.2, 0.25) is 0 Å². The van der Waals surface area contributed by atoms with Crippen LogP contribution in [0.2, 0.25) is 0 Å². The summed E-state index contributed by atoms with van der Waals surface area (Å²) in [7, 11) is 0. The van der Waals surface area contributed by atoms with Gasteiger partial charge in [0.05, 0.1) is 0 Å². The Morgan fingerprint density at radius 2 is 1.62 bits per heavy atom. The molecule has 0 N–H and O–H groups in total. The van der Waals surface area contributed by atoms with Gasteiger partial charge < -0.3 is 0 Å². The lowest BCUT2D eigenvalue weighted by Crippen LogP contribution is -1.93. The molecule has 2 rings (SSSR count). The molecule has 1 nitrogen and oxygen atoms in total. The van der Waals surface area contributed by atoms with Gasteiger partial charge in [-0.15, -0.1) is 11.8 Å². The van der Waals surface area contributed by atoms with Crippen LogP contribution in [0.1, 0.15) is 15.9 Å². The first kappa shape index (κ1) is 17.0. The lowest BCUT2D eigenvalue weighted by Gasteiger charge is -2.02. The first-order valence-electron chi connectivity index (χ1n) is 6.02. The number of halogens is 3. The highest BCUT2D eigenvalue weighted by Crippen LogP contribution is 2.32. The predicted molar refractivity (Wildman–Crippen MR) is 101 cm³/mol. The second-order valence-corrected chi connectivity index (χ2v) is 7.61. The fourth-order valence-corrected chi connectivity index (χ4v) is 3.55. The Hall–Kier alpha value is -0.360. The summed E-state index contributed by atoms with van der Waals surface area (Å²) in [6.07, 6.45) is 5.42. The van der Waals surface area contributed by atoms with Crippen molar-refractivity contribution in [3.05, 3.63) is 67.0 Å². The molecule has 0 saturated heterocycles. The van der Waals surface area contributed by atoms with Crippen molar-refractivity contribution in [1.82, 2.24) is 0 Å². The molecule has 2 aromatic rings. The number of hydrogen-bond donors (Lipinski definition) is 0. The number of thioether (sulfide) groups is 1. The largest absolute Gasteiger partial charge is 0.289 e. The van der Waals surface area contributed by atoms with Crippen LogP contribution in [0.25, 0.3) is 6.08 Å². The number of carbonyl (C=O) groups excluding carboxylic acids is 1. The Balaban J connectivity index is 2.18. The van der Waals surface area contributed by atoms with Gasteiger partial charge in [-0.1, -0.05) is 6.08 Å². The molecule has 21 heavy (non-hydrogen) atoms. The van der Waals surface area contributed by atoms with E-state index in [2.05, 4.69) is 47.8 Å². The molecular weight excluding hydrogens is 480 g/mol. The lowest BCUT2D eigenvalue weighted by molar-refractivity contribution is 0.104. The van der Waals surface area contributed by atoms with Crippen molar-refractivity contribution in [2.75, 3.05) is 6.26 Å². The normalized spacial score (nSPS) is 11.0. The van der Waals surface area contributed by atoms with Crippen molar-refractivity contribution >= 4 is 71.4 Å². The first-order valence-corrected chi connectivity index (χ1v) is 9.62. The van der Waals surface area contributed by atoms with Gasteiger partial charge in [0.25, 0.3) is 0 Å². The maximum absolute atomic E-state index is 12.1. The third-order valence-electron chi connectivity index (χ3n) is 2.81. The van der Waals surface area contributed by atoms with Gasteiger partial charge >= 0.3 is 0 Å². The Labute approximate surface area is 153 Å². The minimum absolute atomic E-state index is 0.00202. The molecule has 0 radical (unpaired) electrons. The van der Waals surface area contributed by atoms with E-state index in [4.69, 9.17) is 0 Å². The second-order valence-electron chi connectivity index (χ2n) is 4.22. The van der Waals surface area contributed by atoms with E-state index in [1.165, 1.54) is 0 Å². The van der Waals surface area contributed by atoms with Gasteiger partial charge in [-0.05, 0) is 102 Å². The van der Waals surface area contributed by atoms with E-state index in [-0.39, 0.29) is 5.78 Å². The Morgan fingerprint density at radius 1 is 1.05 bits per heavy atom. The zero-order valence-electron chi connectivity index (χ0n) is 11.1. The maximum Gasteiger partial charge on any atom is 0.185 e. The predicted octanol–water partition coefficient (Wildman–Crippen LogP) is 6.59. The fourth-order valence-electron chi connectivity index (χ4n) is 1.69. The summed E-state index contributed by atoms with van der Waals surface area (Å²) < 4.78 is 2.83. The Bertz CT molecular complexity index is 670. The van der Waals surface area contributed by atoms with Crippen molar-refractivity contribution < 1.29 is 4.79 Å². The quantitative estimate of drug-likeness (QED) is 0.208. The summed E-state index contributed by atoms with van der Waals surface area (Å²) in [5.74, 6) is -0.00202. The highest BCUT2D eigenvalue weighted by Gasteiger charge is 2.05. The summed E-state index contributed by atoms with van der Waals surface area (Å²) in [6.45, 7) is 0. The van der Waals surface area contributed by atoms with Gasteiger partial charge in [0, 0.05) is 23.9 Å². The molecule has 0 saturated carbocycles. The molecule has 0 aliphatic carbocycles. The molecule has 0 bridgehead atoms. The maximum atomic E-state index is 12.1. The van der Waals surface area contributed by atoms with Crippen molar-refractivity contribution in [1.29, 1.82) is 0 Å². The Morgan fingerprint density at radius 3 is 2.14 bits per heavy atom. The molecule has 0 aliphatic rings. The molecule has 0 aromatic heterocycles. The molecule has 0 spiro atoms. The molecule has 0 atom stereocenters. The van der Waals surface area contributed by atoms with Crippen LogP contribution in [0.4, 0.5) is 0 Å². The van der Waals surface area contributed by atoms with Crippen LogP contribution in [0.15, 0.2) is 60.8 Å². The summed E-state index contributed by atoms with van der Waals surface area (Å²) >= 11 is 12.0. The van der Waals surface area contributed by atoms with E-state index in [1.54, 1.807) is 17.8 Å². The monoisotopic (exact) mass is 488 g/mol. The molecule has 5 heteroatoms. The van der Waals surface area contributed by atoms with Gasteiger partial charge in [-0.25, -0.2) is 0 Å². The zero-order valence-corrected chi connectivity index (χ0v) is 16.6. The van der Waals surface area contributed by atoms with Crippen LogP contribution in [0.5, 0.6) is 0 Å². The molecule has 0 amide bonds. The van der Waals surface area contributed by atoms with Crippen molar-refractivity contribution in [2.45, 2.75) is 4.90 Å². The van der Waals surface area contributed by atoms with E-state index in [1.807, 2.05) is 48.7 Å². The number of benzene rings is 2. The van der Waals surface area contributed by atoms with Crippen molar-refractivity contribution in [2.24, 2.45) is 0 Å². The SMILES string of the molecule is CSc1ccc(C(=O)/C=C/c2cc(Br)c(Br)c(Br)c2)cc1. The molecule has 108 valence electrons. The smallest absolute Gasteiger partial charge is 0.185 e. The molecule has 0 aliphatic heterocycles. The minimum Gasteiger partial charge on any atom is -0.289 e. The van der Waals surface area contributed by atoms with Gasteiger partial charge in [-0.2, -0.15) is 0 Å². The van der Waals surface area contributed by atoms with E-state index >= 15 is 0 Å². The van der Waals surface area contributed by atoms with Crippen LogP contribution in [0, 0.1) is 0 Å². The molecule has 2 aromatic carbocycles. The highest BCUT2D eigenvalue weighted by atomic mass is 79.9. The second kappa shape index (κ2) is 7.77. The molecular formula is C16H11Br3OS. The van der Waals surface area contributed by atoms with Crippen LogP contribution in [-0.2, 0) is 0 Å². The van der Waals surface area contributed by atoms with E-state index in [0.29, 0.717) is 5.56 Å². The number of rotatable bonds is 4. The van der Waals surface area contributed by atoms with Gasteiger partial charge in [0.1, 0.15) is 0 Å². The van der Waals surface area contributed by atoms with Gasteiger partial charge in [-0.3, -0.25) is 4.79 Å². The molecule has 0 heterocycles. The standard InChI is InChI=1S/C16H11Br3OS/c1-21-12-5-3-11(4-6-12)15(20)7-2-10-8-13(17)16(19)14(18)9-10/h2-9H,1H3/b7-2+. The topological polar surface area (TPSA) is 17.1 Å². The van der Waals surface area contributed by atoms with Crippen LogP contribution in [0.3, 0.4) is 0 Å². The third kappa shape index (κ3) is 4.55. The zero-order chi connectivity index (χ0) is 15.4. The van der Waals surface area contributed by atoms with Crippen LogP contribution >= 0.6 is 59.6 Å². The first-order chi connectivity index (χ1) is 10.0. The minimum atomic E-state index is -0.00202. The number of hydrogen-bond acceptors (Lipinski definition) is 2. The van der Waals surface area contributed by atoms with Gasteiger partial charge in [0.15, 0.2) is 5.78 Å². The van der Waals surface area contributed by atoms with Crippen LogP contribution < -0.4 is 0 Å². The van der Waals surface area contributed by atoms with Crippen LogP contribution in [-0.4, -0.2) is 12.0 Å². The third-order valence-corrected chi connectivity index (χ3v) is 6.72. The fraction of sp³-hybridized carbons (Fsp3) is 0.0625. The van der Waals surface area contributed by atoms with Crippen molar-refractivity contribution in [3.63, 3.8) is 0 Å². The van der Waals surface area contributed by atoms with E-state index < -0.39 is 0 Å². The average Bonchev–Trinajstić information content (AvgIpc) is 2.50. The highest BCUT2D eigenvalue weighted by molar-refractivity contribution is 9.14. The Kier molecular flexibility index (Phi) is 6.29. The van der Waals surface area contributed by atoms with E-state index in [0.717, 1.165) is 23.9 Å². The lowest BCUT2D eigenvalue weighted by atomic mass is 10.1. The molecule has 0 fully saturated rings. The molecule has 0 unspecified atom stereocenters.